The highest BCUT2D eigenvalue weighted by Gasteiger charge is 2.13. The molecule has 0 aliphatic carbocycles. The first-order valence-electron chi connectivity index (χ1n) is 5.60. The van der Waals surface area contributed by atoms with Crippen molar-refractivity contribution in [3.63, 3.8) is 0 Å². The molecule has 0 aliphatic heterocycles. The van der Waals surface area contributed by atoms with Crippen LogP contribution >= 0.6 is 11.3 Å². The molecular formula is C15H9NO3S. The van der Waals surface area contributed by atoms with Crippen molar-refractivity contribution in [1.29, 1.82) is 5.26 Å². The molecule has 0 amide bonds. The van der Waals surface area contributed by atoms with Gasteiger partial charge < -0.3 is 10.2 Å². The van der Waals surface area contributed by atoms with Crippen LogP contribution in [0.4, 0.5) is 0 Å². The van der Waals surface area contributed by atoms with E-state index in [1.54, 1.807) is 19.1 Å². The number of carboxylic acid groups (broad SMARTS) is 1. The van der Waals surface area contributed by atoms with Gasteiger partial charge in [-0.15, -0.1) is 17.3 Å². The second-order valence-electron chi connectivity index (χ2n) is 3.88. The molecule has 0 saturated carbocycles. The molecule has 1 aromatic carbocycles. The molecule has 98 valence electrons. The lowest BCUT2D eigenvalue weighted by atomic mass is 10.1. The Balaban J connectivity index is 2.52. The van der Waals surface area contributed by atoms with Crippen LogP contribution in [0.25, 0.3) is 10.4 Å². The van der Waals surface area contributed by atoms with E-state index in [9.17, 15) is 9.90 Å². The van der Waals surface area contributed by atoms with E-state index in [4.69, 9.17) is 10.4 Å². The number of aromatic hydroxyl groups is 1. The molecule has 2 rings (SSSR count). The highest BCUT2D eigenvalue weighted by molar-refractivity contribution is 7.16. The van der Waals surface area contributed by atoms with Crippen LogP contribution in [0.5, 0.6) is 5.75 Å². The standard InChI is InChI=1S/C15H9NO3S/c1-2-3-13-10(8-16)7-14(20-13)9-4-5-11(15(18)19)12(17)6-9/h4-7,17H,1H3,(H,18,19). The Kier molecular flexibility index (Phi) is 3.74. The Bertz CT molecular complexity index is 788. The Labute approximate surface area is 119 Å². The number of nitrogens with zero attached hydrogens (tertiary/aromatic N) is 1. The number of aromatic carboxylic acids is 1. The van der Waals surface area contributed by atoms with Crippen LogP contribution in [0.15, 0.2) is 24.3 Å². The minimum absolute atomic E-state index is 0.153. The Morgan fingerprint density at radius 1 is 1.35 bits per heavy atom. The zero-order valence-electron chi connectivity index (χ0n) is 10.5. The van der Waals surface area contributed by atoms with Crippen LogP contribution in [0.1, 0.15) is 27.7 Å². The zero-order valence-corrected chi connectivity index (χ0v) is 11.3. The third kappa shape index (κ3) is 2.49. The van der Waals surface area contributed by atoms with Crippen molar-refractivity contribution in [2.45, 2.75) is 6.92 Å². The highest BCUT2D eigenvalue weighted by atomic mass is 32.1. The maximum atomic E-state index is 10.8. The second kappa shape index (κ2) is 5.48. The van der Waals surface area contributed by atoms with Gasteiger partial charge in [-0.25, -0.2) is 4.79 Å². The fourth-order valence-electron chi connectivity index (χ4n) is 1.69. The third-order valence-corrected chi connectivity index (χ3v) is 3.70. The summed E-state index contributed by atoms with van der Waals surface area (Å²) in [5.74, 6) is 4.11. The highest BCUT2D eigenvalue weighted by Crippen LogP contribution is 2.33. The molecule has 0 bridgehead atoms. The molecule has 0 unspecified atom stereocenters. The van der Waals surface area contributed by atoms with E-state index in [1.807, 2.05) is 0 Å². The van der Waals surface area contributed by atoms with Crippen molar-refractivity contribution >= 4 is 17.3 Å². The minimum Gasteiger partial charge on any atom is -0.507 e. The van der Waals surface area contributed by atoms with Crippen molar-refractivity contribution in [2.24, 2.45) is 0 Å². The molecular weight excluding hydrogens is 274 g/mol. The number of benzene rings is 1. The molecule has 0 spiro atoms. The van der Waals surface area contributed by atoms with E-state index in [1.165, 1.54) is 23.5 Å². The van der Waals surface area contributed by atoms with Crippen LogP contribution in [0, 0.1) is 23.2 Å². The summed E-state index contributed by atoms with van der Waals surface area (Å²) in [6, 6.07) is 8.05. The van der Waals surface area contributed by atoms with E-state index in [-0.39, 0.29) is 11.3 Å². The molecule has 0 atom stereocenters. The van der Waals surface area contributed by atoms with Gasteiger partial charge in [0.1, 0.15) is 17.4 Å². The smallest absolute Gasteiger partial charge is 0.339 e. The summed E-state index contributed by atoms with van der Waals surface area (Å²) in [5.41, 5.74) is 0.971. The van der Waals surface area contributed by atoms with Gasteiger partial charge in [0.25, 0.3) is 0 Å². The van der Waals surface area contributed by atoms with Crippen molar-refractivity contribution in [1.82, 2.24) is 0 Å². The lowest BCUT2D eigenvalue weighted by Gasteiger charge is -2.02. The third-order valence-electron chi connectivity index (χ3n) is 2.60. The summed E-state index contributed by atoms with van der Waals surface area (Å²) >= 11 is 1.33. The maximum absolute atomic E-state index is 10.8. The van der Waals surface area contributed by atoms with Gasteiger partial charge in [-0.2, -0.15) is 5.26 Å². The van der Waals surface area contributed by atoms with Crippen molar-refractivity contribution in [3.05, 3.63) is 40.3 Å². The fraction of sp³-hybridized carbons (Fsp3) is 0.0667. The number of hydrogen-bond acceptors (Lipinski definition) is 4. The number of phenols is 1. The number of nitriles is 1. The predicted octanol–water partition coefficient (Wildman–Crippen LogP) is 3.06. The van der Waals surface area contributed by atoms with Crippen LogP contribution < -0.4 is 0 Å². The Morgan fingerprint density at radius 2 is 2.10 bits per heavy atom. The summed E-state index contributed by atoms with van der Waals surface area (Å²) in [7, 11) is 0. The lowest BCUT2D eigenvalue weighted by Crippen LogP contribution is -1.96. The van der Waals surface area contributed by atoms with Crippen LogP contribution in [0.3, 0.4) is 0 Å². The number of carbonyl (C=O) groups is 1. The number of rotatable bonds is 2. The van der Waals surface area contributed by atoms with E-state index in [0.29, 0.717) is 16.0 Å². The van der Waals surface area contributed by atoms with E-state index >= 15 is 0 Å². The van der Waals surface area contributed by atoms with Crippen LogP contribution in [-0.4, -0.2) is 16.2 Å². The van der Waals surface area contributed by atoms with Gasteiger partial charge in [0, 0.05) is 4.88 Å². The largest absolute Gasteiger partial charge is 0.507 e. The van der Waals surface area contributed by atoms with Gasteiger partial charge in [0.05, 0.1) is 10.4 Å². The van der Waals surface area contributed by atoms with Gasteiger partial charge in [-0.05, 0) is 30.7 Å². The van der Waals surface area contributed by atoms with E-state index < -0.39 is 5.97 Å². The maximum Gasteiger partial charge on any atom is 0.339 e. The molecule has 2 N–H and O–H groups in total. The quantitative estimate of drug-likeness (QED) is 0.830. The Morgan fingerprint density at radius 3 is 2.65 bits per heavy atom. The Hall–Kier alpha value is -2.76. The first-order valence-corrected chi connectivity index (χ1v) is 6.42. The molecule has 1 heterocycles. The lowest BCUT2D eigenvalue weighted by molar-refractivity contribution is 0.0694. The molecule has 0 aliphatic rings. The minimum atomic E-state index is -1.18. The van der Waals surface area contributed by atoms with Crippen molar-refractivity contribution in [2.75, 3.05) is 0 Å². The van der Waals surface area contributed by atoms with Gasteiger partial charge in [-0.3, -0.25) is 0 Å². The van der Waals surface area contributed by atoms with Crippen LogP contribution in [-0.2, 0) is 0 Å². The molecule has 0 saturated heterocycles. The zero-order chi connectivity index (χ0) is 14.7. The molecule has 20 heavy (non-hydrogen) atoms. The second-order valence-corrected chi connectivity index (χ2v) is 4.93. The fourth-order valence-corrected chi connectivity index (χ4v) is 2.70. The number of carboxylic acids is 1. The van der Waals surface area contributed by atoms with E-state index in [2.05, 4.69) is 17.9 Å². The van der Waals surface area contributed by atoms with Crippen LogP contribution in [0.2, 0.25) is 0 Å². The molecule has 0 radical (unpaired) electrons. The summed E-state index contributed by atoms with van der Waals surface area (Å²) in [5, 5.41) is 27.6. The first-order chi connectivity index (χ1) is 9.56. The molecule has 5 heteroatoms. The van der Waals surface area contributed by atoms with Gasteiger partial charge in [0.15, 0.2) is 0 Å². The number of thiophene rings is 1. The van der Waals surface area contributed by atoms with E-state index in [0.717, 1.165) is 4.88 Å². The average Bonchev–Trinajstić information content (AvgIpc) is 2.82. The van der Waals surface area contributed by atoms with Gasteiger partial charge >= 0.3 is 5.97 Å². The normalized spacial score (nSPS) is 9.40. The summed E-state index contributed by atoms with van der Waals surface area (Å²) < 4.78 is 0. The predicted molar refractivity (Wildman–Crippen MR) is 75.6 cm³/mol. The van der Waals surface area contributed by atoms with Crippen molar-refractivity contribution < 1.29 is 15.0 Å². The van der Waals surface area contributed by atoms with Gasteiger partial charge in [-0.1, -0.05) is 12.0 Å². The van der Waals surface area contributed by atoms with Crippen molar-refractivity contribution in [3.8, 4) is 34.1 Å². The molecule has 2 aromatic rings. The topological polar surface area (TPSA) is 81.3 Å². The van der Waals surface area contributed by atoms with Gasteiger partial charge in [0.2, 0.25) is 0 Å². The number of hydrogen-bond donors (Lipinski definition) is 2. The summed E-state index contributed by atoms with van der Waals surface area (Å²) in [4.78, 5) is 12.3. The summed E-state index contributed by atoms with van der Waals surface area (Å²) in [6.45, 7) is 1.69. The first kappa shape index (κ1) is 13.7. The summed E-state index contributed by atoms with van der Waals surface area (Å²) in [6.07, 6.45) is 0. The molecule has 4 nitrogen and oxygen atoms in total. The molecule has 1 aromatic heterocycles. The molecule has 0 fully saturated rings. The average molecular weight is 283 g/mol. The monoisotopic (exact) mass is 283 g/mol. The SMILES string of the molecule is CC#Cc1sc(-c2ccc(C(=O)O)c(O)c2)cc1C#N.